The molecule has 3 rings (SSSR count). The van der Waals surface area contributed by atoms with E-state index in [1.165, 1.54) is 11.4 Å². The maximum absolute atomic E-state index is 3.63. The van der Waals surface area contributed by atoms with E-state index in [2.05, 4.69) is 136 Å². The van der Waals surface area contributed by atoms with Crippen molar-refractivity contribution >= 4 is 28.4 Å². The molecule has 2 N–H and O–H groups in total. The van der Waals surface area contributed by atoms with Crippen LogP contribution in [0.5, 0.6) is 0 Å². The number of benzene rings is 3. The van der Waals surface area contributed by atoms with Gasteiger partial charge in [-0.1, -0.05) is 45.9 Å². The van der Waals surface area contributed by atoms with Crippen LogP contribution < -0.4 is 15.5 Å². The van der Waals surface area contributed by atoms with Gasteiger partial charge in [-0.3, -0.25) is 0 Å². The van der Waals surface area contributed by atoms with Crippen LogP contribution in [0.3, 0.4) is 0 Å². The van der Waals surface area contributed by atoms with E-state index in [-0.39, 0.29) is 0 Å². The Morgan fingerprint density at radius 1 is 0.515 bits per heavy atom. The summed E-state index contributed by atoms with van der Waals surface area (Å²) in [6, 6.07) is 29.0. The predicted molar refractivity (Wildman–Crippen MR) is 146 cm³/mol. The Labute approximate surface area is 201 Å². The zero-order chi connectivity index (χ0) is 23.8. The smallest absolute Gasteiger partial charge is 0.0463 e. The van der Waals surface area contributed by atoms with Crippen molar-refractivity contribution in [2.45, 2.75) is 66.5 Å². The summed E-state index contributed by atoms with van der Waals surface area (Å²) in [5.41, 5.74) is 5.78. The van der Waals surface area contributed by atoms with Crippen molar-refractivity contribution in [1.29, 1.82) is 0 Å². The van der Waals surface area contributed by atoms with Gasteiger partial charge in [-0.25, -0.2) is 0 Å². The first-order chi connectivity index (χ1) is 15.8. The second-order valence-corrected chi connectivity index (χ2v) is 10.1. The second kappa shape index (κ2) is 11.8. The van der Waals surface area contributed by atoms with Crippen LogP contribution in [0, 0.1) is 11.8 Å². The van der Waals surface area contributed by atoms with Crippen LogP contribution in [0.4, 0.5) is 28.4 Å². The third-order valence-corrected chi connectivity index (χ3v) is 5.74. The molecule has 33 heavy (non-hydrogen) atoms. The number of para-hydroxylation sites is 1. The molecule has 0 aliphatic rings. The molecule has 0 radical (unpaired) electrons. The summed E-state index contributed by atoms with van der Waals surface area (Å²) in [4.78, 5) is 2.31. The number of nitrogens with zero attached hydrogens (tertiary/aromatic N) is 1. The Bertz CT molecular complexity index is 885. The number of anilines is 5. The van der Waals surface area contributed by atoms with Crippen LogP contribution in [0.1, 0.15) is 54.4 Å². The van der Waals surface area contributed by atoms with Crippen LogP contribution in [0.2, 0.25) is 0 Å². The highest BCUT2D eigenvalue weighted by Crippen LogP contribution is 2.35. The average molecular weight is 444 g/mol. The Balaban J connectivity index is 1.81. The molecule has 0 aromatic heterocycles. The Morgan fingerprint density at radius 3 is 1.24 bits per heavy atom. The van der Waals surface area contributed by atoms with Gasteiger partial charge in [0, 0.05) is 40.5 Å². The molecule has 2 unspecified atom stereocenters. The monoisotopic (exact) mass is 443 g/mol. The molecule has 0 amide bonds. The van der Waals surface area contributed by atoms with E-state index in [1.54, 1.807) is 0 Å². The highest BCUT2D eigenvalue weighted by Gasteiger charge is 2.13. The fraction of sp³-hybridized carbons (Fsp3) is 0.400. The first-order valence-electron chi connectivity index (χ1n) is 12.4. The zero-order valence-electron chi connectivity index (χ0n) is 21.2. The van der Waals surface area contributed by atoms with Gasteiger partial charge in [-0.15, -0.1) is 0 Å². The topological polar surface area (TPSA) is 27.3 Å². The summed E-state index contributed by atoms with van der Waals surface area (Å²) >= 11 is 0. The van der Waals surface area contributed by atoms with Crippen LogP contribution in [-0.2, 0) is 0 Å². The Morgan fingerprint density at radius 2 is 0.879 bits per heavy atom. The molecule has 0 saturated carbocycles. The fourth-order valence-corrected chi connectivity index (χ4v) is 4.54. The number of hydrogen-bond donors (Lipinski definition) is 2. The van der Waals surface area contributed by atoms with Crippen LogP contribution >= 0.6 is 0 Å². The molecule has 0 fully saturated rings. The average Bonchev–Trinajstić information content (AvgIpc) is 2.76. The normalized spacial score (nSPS) is 13.1. The van der Waals surface area contributed by atoms with Crippen molar-refractivity contribution in [2.24, 2.45) is 11.8 Å². The summed E-state index contributed by atoms with van der Waals surface area (Å²) < 4.78 is 0. The zero-order valence-corrected chi connectivity index (χ0v) is 21.2. The van der Waals surface area contributed by atoms with Crippen LogP contribution in [0.25, 0.3) is 0 Å². The number of rotatable bonds is 11. The molecule has 176 valence electrons. The lowest BCUT2D eigenvalue weighted by Gasteiger charge is -2.26. The first-order valence-corrected chi connectivity index (χ1v) is 12.4. The minimum absolute atomic E-state index is 0.458. The molecular weight excluding hydrogens is 402 g/mol. The van der Waals surface area contributed by atoms with Crippen LogP contribution in [0.15, 0.2) is 78.9 Å². The molecule has 3 heteroatoms. The Kier molecular flexibility index (Phi) is 8.82. The van der Waals surface area contributed by atoms with E-state index in [9.17, 15) is 0 Å². The van der Waals surface area contributed by atoms with Crippen molar-refractivity contribution in [1.82, 2.24) is 0 Å². The lowest BCUT2D eigenvalue weighted by molar-refractivity contribution is 0.539. The largest absolute Gasteiger partial charge is 0.383 e. The van der Waals surface area contributed by atoms with Crippen molar-refractivity contribution in [3.63, 3.8) is 0 Å². The van der Waals surface area contributed by atoms with E-state index >= 15 is 0 Å². The summed E-state index contributed by atoms with van der Waals surface area (Å²) in [6.07, 6.45) is 2.32. The summed E-state index contributed by atoms with van der Waals surface area (Å²) in [6.45, 7) is 13.6. The van der Waals surface area contributed by atoms with Gasteiger partial charge in [0.2, 0.25) is 0 Å². The van der Waals surface area contributed by atoms with E-state index in [0.29, 0.717) is 23.9 Å². The van der Waals surface area contributed by atoms with Gasteiger partial charge in [-0.2, -0.15) is 0 Å². The molecule has 0 aliphatic heterocycles. The minimum Gasteiger partial charge on any atom is -0.383 e. The van der Waals surface area contributed by atoms with Crippen molar-refractivity contribution in [2.75, 3.05) is 15.5 Å². The quantitative estimate of drug-likeness (QED) is 0.310. The van der Waals surface area contributed by atoms with Crippen LogP contribution in [-0.4, -0.2) is 12.1 Å². The predicted octanol–water partition coefficient (Wildman–Crippen LogP) is 8.85. The molecule has 0 heterocycles. The van der Waals surface area contributed by atoms with Crippen molar-refractivity contribution in [3.05, 3.63) is 78.9 Å². The lowest BCUT2D eigenvalue weighted by atomic mass is 10.0. The van der Waals surface area contributed by atoms with Gasteiger partial charge >= 0.3 is 0 Å². The summed E-state index contributed by atoms with van der Waals surface area (Å²) in [5.74, 6) is 1.37. The van der Waals surface area contributed by atoms with Gasteiger partial charge in [0.05, 0.1) is 0 Å². The molecule has 0 bridgehead atoms. The SMILES string of the molecule is CC(C)CC(C)Nc1ccc(N(c2ccccc2)c2ccc(NC(C)CC(C)C)cc2)cc1. The summed E-state index contributed by atoms with van der Waals surface area (Å²) in [7, 11) is 0. The van der Waals surface area contributed by atoms with Crippen molar-refractivity contribution in [3.8, 4) is 0 Å². The third kappa shape index (κ3) is 7.56. The third-order valence-electron chi connectivity index (χ3n) is 5.74. The van der Waals surface area contributed by atoms with Gasteiger partial charge in [-0.05, 0) is 99.2 Å². The minimum atomic E-state index is 0.458. The highest BCUT2D eigenvalue weighted by molar-refractivity contribution is 5.78. The lowest BCUT2D eigenvalue weighted by Crippen LogP contribution is -2.17. The van der Waals surface area contributed by atoms with E-state index < -0.39 is 0 Å². The Hall–Kier alpha value is -2.94. The standard InChI is InChI=1S/C30H41N3/c1-22(2)20-24(5)31-26-12-16-29(17-13-26)33(28-10-8-7-9-11-28)30-18-14-27(15-19-30)32-25(6)21-23(3)4/h7-19,22-25,31-32H,20-21H2,1-6H3. The molecular formula is C30H41N3. The van der Waals surface area contributed by atoms with Gasteiger partial charge in [0.15, 0.2) is 0 Å². The fourth-order valence-electron chi connectivity index (χ4n) is 4.54. The molecule has 3 aromatic carbocycles. The van der Waals surface area contributed by atoms with Gasteiger partial charge < -0.3 is 15.5 Å². The van der Waals surface area contributed by atoms with Crippen molar-refractivity contribution < 1.29 is 0 Å². The van der Waals surface area contributed by atoms with Gasteiger partial charge in [0.25, 0.3) is 0 Å². The van der Waals surface area contributed by atoms with E-state index in [0.717, 1.165) is 29.9 Å². The second-order valence-electron chi connectivity index (χ2n) is 10.1. The van der Waals surface area contributed by atoms with Gasteiger partial charge in [0.1, 0.15) is 0 Å². The highest BCUT2D eigenvalue weighted by atomic mass is 15.1. The first kappa shape index (κ1) is 24.7. The number of nitrogens with one attached hydrogen (secondary N) is 2. The molecule has 0 saturated heterocycles. The molecule has 3 aromatic rings. The number of hydrogen-bond acceptors (Lipinski definition) is 3. The maximum atomic E-state index is 3.63. The molecule has 2 atom stereocenters. The maximum Gasteiger partial charge on any atom is 0.0463 e. The van der Waals surface area contributed by atoms with E-state index in [1.807, 2.05) is 0 Å². The molecule has 3 nitrogen and oxygen atoms in total. The van der Waals surface area contributed by atoms with E-state index in [4.69, 9.17) is 0 Å². The molecule has 0 spiro atoms. The summed E-state index contributed by atoms with van der Waals surface area (Å²) in [5, 5.41) is 7.26. The molecule has 0 aliphatic carbocycles.